The normalized spacial score (nSPS) is 10.5. The van der Waals surface area contributed by atoms with Crippen molar-refractivity contribution < 1.29 is 8.78 Å². The van der Waals surface area contributed by atoms with E-state index in [2.05, 4.69) is 0 Å². The van der Waals surface area contributed by atoms with Gasteiger partial charge in [-0.15, -0.1) is 0 Å². The first-order valence-corrected chi connectivity index (χ1v) is 6.43. The summed E-state index contributed by atoms with van der Waals surface area (Å²) in [5.74, 6) is -1.45. The fraction of sp³-hybridized carbons (Fsp3) is 0. The zero-order chi connectivity index (χ0) is 14.0. The molecule has 0 fully saturated rings. The van der Waals surface area contributed by atoms with Gasteiger partial charge in [0.1, 0.15) is 17.5 Å². The Labute approximate surface area is 118 Å². The third kappa shape index (κ3) is 3.24. The average Bonchev–Trinajstić information content (AvgIpc) is 2.34. The van der Waals surface area contributed by atoms with Crippen LogP contribution in [0.2, 0.25) is 5.02 Å². The van der Waals surface area contributed by atoms with Crippen LogP contribution in [0.4, 0.5) is 8.78 Å². The SMILES string of the molecule is N=C(N)c1cc(Cl)ccc1Sc1ccc(F)cc1F. The fourth-order valence-electron chi connectivity index (χ4n) is 1.48. The summed E-state index contributed by atoms with van der Waals surface area (Å²) in [6.07, 6.45) is 0. The summed E-state index contributed by atoms with van der Waals surface area (Å²) >= 11 is 6.90. The van der Waals surface area contributed by atoms with E-state index >= 15 is 0 Å². The molecule has 98 valence electrons. The quantitative estimate of drug-likeness (QED) is 0.663. The molecule has 0 aliphatic rings. The van der Waals surface area contributed by atoms with Crippen LogP contribution in [0, 0.1) is 17.0 Å². The predicted octanol–water partition coefficient (Wildman–Crippen LogP) is 4.05. The molecule has 0 unspecified atom stereocenters. The van der Waals surface area contributed by atoms with Gasteiger partial charge in [0.2, 0.25) is 0 Å². The Morgan fingerprint density at radius 1 is 1.11 bits per heavy atom. The van der Waals surface area contributed by atoms with Crippen LogP contribution in [0.15, 0.2) is 46.2 Å². The van der Waals surface area contributed by atoms with Crippen molar-refractivity contribution in [2.45, 2.75) is 9.79 Å². The van der Waals surface area contributed by atoms with Crippen molar-refractivity contribution in [2.24, 2.45) is 5.73 Å². The van der Waals surface area contributed by atoms with Crippen LogP contribution >= 0.6 is 23.4 Å². The number of nitrogens with two attached hydrogens (primary N) is 1. The maximum absolute atomic E-state index is 13.6. The van der Waals surface area contributed by atoms with Crippen LogP contribution in [0.25, 0.3) is 0 Å². The second kappa shape index (κ2) is 5.59. The van der Waals surface area contributed by atoms with Crippen molar-refractivity contribution in [2.75, 3.05) is 0 Å². The summed E-state index contributed by atoms with van der Waals surface area (Å²) in [6, 6.07) is 8.13. The Bertz CT molecular complexity index is 647. The minimum absolute atomic E-state index is 0.160. The highest BCUT2D eigenvalue weighted by atomic mass is 35.5. The molecule has 0 aromatic heterocycles. The van der Waals surface area contributed by atoms with Gasteiger partial charge in [0.05, 0.1) is 0 Å². The largest absolute Gasteiger partial charge is 0.384 e. The molecule has 2 rings (SSSR count). The lowest BCUT2D eigenvalue weighted by atomic mass is 10.2. The Hall–Kier alpha value is -1.59. The lowest BCUT2D eigenvalue weighted by Crippen LogP contribution is -2.12. The van der Waals surface area contributed by atoms with Crippen LogP contribution in [-0.2, 0) is 0 Å². The van der Waals surface area contributed by atoms with E-state index in [9.17, 15) is 8.78 Å². The van der Waals surface area contributed by atoms with E-state index in [1.54, 1.807) is 12.1 Å². The van der Waals surface area contributed by atoms with Crippen LogP contribution in [0.3, 0.4) is 0 Å². The zero-order valence-electron chi connectivity index (χ0n) is 9.58. The molecule has 19 heavy (non-hydrogen) atoms. The molecule has 2 aromatic rings. The maximum atomic E-state index is 13.6. The van der Waals surface area contributed by atoms with Gasteiger partial charge in [-0.2, -0.15) is 0 Å². The molecule has 0 aliphatic heterocycles. The third-order valence-electron chi connectivity index (χ3n) is 2.35. The Balaban J connectivity index is 2.40. The minimum atomic E-state index is -0.658. The monoisotopic (exact) mass is 298 g/mol. The second-order valence-corrected chi connectivity index (χ2v) is 5.25. The van der Waals surface area contributed by atoms with Gasteiger partial charge in [-0.3, -0.25) is 5.41 Å². The Morgan fingerprint density at radius 3 is 2.42 bits per heavy atom. The van der Waals surface area contributed by atoms with Gasteiger partial charge in [0, 0.05) is 26.4 Å². The predicted molar refractivity (Wildman–Crippen MR) is 72.9 cm³/mol. The molecular weight excluding hydrogens is 290 g/mol. The molecule has 0 aliphatic carbocycles. The number of halogens is 3. The summed E-state index contributed by atoms with van der Waals surface area (Å²) in [7, 11) is 0. The number of amidine groups is 1. The lowest BCUT2D eigenvalue weighted by Gasteiger charge is -2.09. The Kier molecular flexibility index (Phi) is 4.07. The highest BCUT2D eigenvalue weighted by Gasteiger charge is 2.11. The molecule has 2 nitrogen and oxygen atoms in total. The van der Waals surface area contributed by atoms with Crippen molar-refractivity contribution in [3.8, 4) is 0 Å². The van der Waals surface area contributed by atoms with Gasteiger partial charge in [-0.05, 0) is 30.3 Å². The number of nitrogen functional groups attached to an aromatic ring is 1. The van der Waals surface area contributed by atoms with E-state index in [1.807, 2.05) is 0 Å². The molecule has 0 bridgehead atoms. The molecule has 6 heteroatoms. The summed E-state index contributed by atoms with van der Waals surface area (Å²) in [5, 5.41) is 7.92. The molecule has 2 aromatic carbocycles. The van der Waals surface area contributed by atoms with Crippen molar-refractivity contribution in [3.63, 3.8) is 0 Å². The molecule has 0 saturated carbocycles. The summed E-state index contributed by atoms with van der Waals surface area (Å²) in [4.78, 5) is 0.841. The first-order valence-electron chi connectivity index (χ1n) is 5.24. The first-order chi connectivity index (χ1) is 8.97. The van der Waals surface area contributed by atoms with Crippen LogP contribution in [-0.4, -0.2) is 5.84 Å². The maximum Gasteiger partial charge on any atom is 0.140 e. The molecule has 0 atom stereocenters. The van der Waals surface area contributed by atoms with Gasteiger partial charge >= 0.3 is 0 Å². The molecule has 0 amide bonds. The second-order valence-electron chi connectivity index (χ2n) is 3.73. The van der Waals surface area contributed by atoms with Crippen LogP contribution < -0.4 is 5.73 Å². The van der Waals surface area contributed by atoms with Crippen molar-refractivity contribution in [1.82, 2.24) is 0 Å². The standard InChI is InChI=1S/C13H9ClF2N2S/c14-7-1-3-11(9(5-7)13(17)18)19-12-4-2-8(15)6-10(12)16/h1-6H,(H3,17,18). The summed E-state index contributed by atoms with van der Waals surface area (Å²) in [5.41, 5.74) is 5.87. The molecule has 0 spiro atoms. The van der Waals surface area contributed by atoms with Crippen LogP contribution in [0.1, 0.15) is 5.56 Å². The number of hydrogen-bond donors (Lipinski definition) is 2. The van der Waals surface area contributed by atoms with Crippen molar-refractivity contribution in [1.29, 1.82) is 5.41 Å². The van der Waals surface area contributed by atoms with Crippen LogP contribution in [0.5, 0.6) is 0 Å². The van der Waals surface area contributed by atoms with E-state index in [0.717, 1.165) is 17.8 Å². The summed E-state index contributed by atoms with van der Waals surface area (Å²) in [6.45, 7) is 0. The average molecular weight is 299 g/mol. The van der Waals surface area contributed by atoms with Gasteiger partial charge in [0.15, 0.2) is 0 Å². The van der Waals surface area contributed by atoms with Gasteiger partial charge in [-0.25, -0.2) is 8.78 Å². The smallest absolute Gasteiger partial charge is 0.140 e. The molecular formula is C13H9ClF2N2S. The van der Waals surface area contributed by atoms with E-state index < -0.39 is 11.6 Å². The highest BCUT2D eigenvalue weighted by Crippen LogP contribution is 2.33. The number of rotatable bonds is 3. The van der Waals surface area contributed by atoms with E-state index in [-0.39, 0.29) is 10.7 Å². The van der Waals surface area contributed by atoms with E-state index in [1.165, 1.54) is 18.2 Å². The highest BCUT2D eigenvalue weighted by molar-refractivity contribution is 7.99. The number of nitrogens with one attached hydrogen (secondary N) is 1. The molecule has 0 heterocycles. The minimum Gasteiger partial charge on any atom is -0.384 e. The molecule has 3 N–H and O–H groups in total. The number of hydrogen-bond acceptors (Lipinski definition) is 2. The third-order valence-corrected chi connectivity index (χ3v) is 3.71. The zero-order valence-corrected chi connectivity index (χ0v) is 11.2. The van der Waals surface area contributed by atoms with Gasteiger partial charge in [0.25, 0.3) is 0 Å². The summed E-state index contributed by atoms with van der Waals surface area (Å²) < 4.78 is 26.4. The Morgan fingerprint density at radius 2 is 1.79 bits per heavy atom. The molecule has 0 saturated heterocycles. The van der Waals surface area contributed by atoms with Gasteiger partial charge < -0.3 is 5.73 Å². The number of benzene rings is 2. The van der Waals surface area contributed by atoms with Gasteiger partial charge in [-0.1, -0.05) is 23.4 Å². The topological polar surface area (TPSA) is 49.9 Å². The fourth-order valence-corrected chi connectivity index (χ4v) is 2.59. The molecule has 0 radical (unpaired) electrons. The first kappa shape index (κ1) is 13.8. The van der Waals surface area contributed by atoms with E-state index in [0.29, 0.717) is 15.5 Å². The van der Waals surface area contributed by atoms with Crippen molar-refractivity contribution >= 4 is 29.2 Å². The van der Waals surface area contributed by atoms with Crippen molar-refractivity contribution in [3.05, 3.63) is 58.6 Å². The lowest BCUT2D eigenvalue weighted by molar-refractivity contribution is 0.565. The van der Waals surface area contributed by atoms with E-state index in [4.69, 9.17) is 22.7 Å².